The van der Waals surface area contributed by atoms with Crippen LogP contribution >= 0.6 is 27.3 Å². The highest BCUT2D eigenvalue weighted by Gasteiger charge is 2.15. The summed E-state index contributed by atoms with van der Waals surface area (Å²) < 4.78 is 25.9. The number of alkyl halides is 1. The van der Waals surface area contributed by atoms with Gasteiger partial charge in [-0.15, -0.1) is 0 Å². The minimum Gasteiger partial charge on any atom is -0.204 e. The Bertz CT molecular complexity index is 507. The normalized spacial score (nSPS) is 12.8. The lowest BCUT2D eigenvalue weighted by atomic mass is 10.0. The Morgan fingerprint density at radius 2 is 1.94 bits per heavy atom. The third kappa shape index (κ3) is 2.18. The summed E-state index contributed by atoms with van der Waals surface area (Å²) in [7, 11) is 0. The first kappa shape index (κ1) is 11.7. The summed E-state index contributed by atoms with van der Waals surface area (Å²) in [6, 6.07) is 3.97. The van der Waals surface area contributed by atoms with Gasteiger partial charge in [-0.25, -0.2) is 8.78 Å². The van der Waals surface area contributed by atoms with Gasteiger partial charge < -0.3 is 0 Å². The van der Waals surface area contributed by atoms with Crippen LogP contribution < -0.4 is 0 Å². The SMILES string of the molecule is Cc1cscc1C(Br)c1ccc(F)c(F)c1. The Kier molecular flexibility index (Phi) is 3.40. The van der Waals surface area contributed by atoms with E-state index in [1.807, 2.05) is 17.7 Å². The number of hydrogen-bond acceptors (Lipinski definition) is 1. The molecule has 2 rings (SSSR count). The van der Waals surface area contributed by atoms with Gasteiger partial charge in [-0.3, -0.25) is 0 Å². The van der Waals surface area contributed by atoms with E-state index < -0.39 is 11.6 Å². The number of halogens is 3. The molecule has 0 bridgehead atoms. The summed E-state index contributed by atoms with van der Waals surface area (Å²) in [6.07, 6.45) is 0. The summed E-state index contributed by atoms with van der Waals surface area (Å²) in [6.45, 7) is 2.00. The molecule has 0 fully saturated rings. The van der Waals surface area contributed by atoms with Crippen LogP contribution in [0.5, 0.6) is 0 Å². The maximum atomic E-state index is 13.1. The number of aryl methyl sites for hydroxylation is 1. The Hall–Kier alpha value is -0.740. The molecule has 0 radical (unpaired) electrons. The number of hydrogen-bond donors (Lipinski definition) is 0. The fourth-order valence-corrected chi connectivity index (χ4v) is 3.31. The first-order valence-electron chi connectivity index (χ1n) is 4.71. The van der Waals surface area contributed by atoms with Crippen molar-refractivity contribution in [2.75, 3.05) is 0 Å². The van der Waals surface area contributed by atoms with Gasteiger partial charge in [0.15, 0.2) is 11.6 Å². The van der Waals surface area contributed by atoms with E-state index in [-0.39, 0.29) is 4.83 Å². The summed E-state index contributed by atoms with van der Waals surface area (Å²) >= 11 is 5.10. The van der Waals surface area contributed by atoms with Gasteiger partial charge in [-0.1, -0.05) is 22.0 Å². The average molecular weight is 303 g/mol. The third-order valence-electron chi connectivity index (χ3n) is 2.40. The quantitative estimate of drug-likeness (QED) is 0.698. The van der Waals surface area contributed by atoms with Crippen molar-refractivity contribution < 1.29 is 8.78 Å². The lowest BCUT2D eigenvalue weighted by molar-refractivity contribution is 0.507. The zero-order chi connectivity index (χ0) is 11.7. The fraction of sp³-hybridized carbons (Fsp3) is 0.167. The molecule has 0 N–H and O–H groups in total. The second-order valence-electron chi connectivity index (χ2n) is 3.55. The molecule has 1 aromatic carbocycles. The molecule has 0 spiro atoms. The van der Waals surface area contributed by atoms with E-state index in [2.05, 4.69) is 15.9 Å². The molecule has 0 amide bonds. The van der Waals surface area contributed by atoms with Crippen LogP contribution in [0.4, 0.5) is 8.78 Å². The van der Waals surface area contributed by atoms with Crippen molar-refractivity contribution in [3.63, 3.8) is 0 Å². The van der Waals surface area contributed by atoms with E-state index in [9.17, 15) is 8.78 Å². The van der Waals surface area contributed by atoms with Crippen LogP contribution in [0, 0.1) is 18.6 Å². The van der Waals surface area contributed by atoms with E-state index in [1.54, 1.807) is 17.4 Å². The van der Waals surface area contributed by atoms with Crippen molar-refractivity contribution in [1.82, 2.24) is 0 Å². The molecule has 0 saturated carbocycles. The molecule has 1 unspecified atom stereocenters. The number of rotatable bonds is 2. The molecule has 0 aliphatic heterocycles. The summed E-state index contributed by atoms with van der Waals surface area (Å²) in [5.41, 5.74) is 2.97. The second kappa shape index (κ2) is 4.63. The van der Waals surface area contributed by atoms with Gasteiger partial charge in [0.25, 0.3) is 0 Å². The Morgan fingerprint density at radius 1 is 1.19 bits per heavy atom. The average Bonchev–Trinajstić information content (AvgIpc) is 2.67. The smallest absolute Gasteiger partial charge is 0.159 e. The first-order valence-corrected chi connectivity index (χ1v) is 6.57. The van der Waals surface area contributed by atoms with Crippen LogP contribution in [0.25, 0.3) is 0 Å². The predicted octanol–water partition coefficient (Wildman–Crippen LogP) is 4.82. The van der Waals surface area contributed by atoms with Crippen molar-refractivity contribution in [3.8, 4) is 0 Å². The van der Waals surface area contributed by atoms with E-state index in [0.717, 1.165) is 22.8 Å². The Labute approximate surface area is 105 Å². The molecular formula is C12H9BrF2S. The van der Waals surface area contributed by atoms with Crippen molar-refractivity contribution in [2.45, 2.75) is 11.8 Å². The van der Waals surface area contributed by atoms with Crippen LogP contribution in [-0.4, -0.2) is 0 Å². The minimum absolute atomic E-state index is 0.0890. The zero-order valence-corrected chi connectivity index (χ0v) is 10.9. The topological polar surface area (TPSA) is 0 Å². The van der Waals surface area contributed by atoms with E-state index in [4.69, 9.17) is 0 Å². The molecule has 0 aliphatic rings. The van der Waals surface area contributed by atoms with Gasteiger partial charge >= 0.3 is 0 Å². The molecule has 4 heteroatoms. The summed E-state index contributed by atoms with van der Waals surface area (Å²) in [5, 5.41) is 4.04. The first-order chi connectivity index (χ1) is 7.59. The number of thiophene rings is 1. The molecule has 1 atom stereocenters. The predicted molar refractivity (Wildman–Crippen MR) is 66.2 cm³/mol. The van der Waals surface area contributed by atoms with E-state index >= 15 is 0 Å². The molecule has 0 aliphatic carbocycles. The molecule has 0 nitrogen and oxygen atoms in total. The summed E-state index contributed by atoms with van der Waals surface area (Å²) in [4.78, 5) is -0.0890. The third-order valence-corrected chi connectivity index (χ3v) is 4.31. The highest BCUT2D eigenvalue weighted by molar-refractivity contribution is 9.09. The highest BCUT2D eigenvalue weighted by atomic mass is 79.9. The monoisotopic (exact) mass is 302 g/mol. The molecule has 84 valence electrons. The zero-order valence-electron chi connectivity index (χ0n) is 8.51. The van der Waals surface area contributed by atoms with Crippen LogP contribution in [0.1, 0.15) is 21.5 Å². The van der Waals surface area contributed by atoms with E-state index in [0.29, 0.717) is 0 Å². The maximum Gasteiger partial charge on any atom is 0.159 e. The van der Waals surface area contributed by atoms with Gasteiger partial charge in [-0.2, -0.15) is 11.3 Å². The van der Waals surface area contributed by atoms with Crippen LogP contribution in [-0.2, 0) is 0 Å². The fourth-order valence-electron chi connectivity index (χ4n) is 1.48. The van der Waals surface area contributed by atoms with Crippen molar-refractivity contribution in [1.29, 1.82) is 0 Å². The Balaban J connectivity index is 2.38. The molecule has 0 saturated heterocycles. The minimum atomic E-state index is -0.814. The standard InChI is InChI=1S/C12H9BrF2S/c1-7-5-16-6-9(7)12(13)8-2-3-10(14)11(15)4-8/h2-6,12H,1H3. The molecular weight excluding hydrogens is 294 g/mol. The lowest BCUT2D eigenvalue weighted by Crippen LogP contribution is -1.95. The second-order valence-corrected chi connectivity index (χ2v) is 5.21. The molecule has 16 heavy (non-hydrogen) atoms. The van der Waals surface area contributed by atoms with Crippen molar-refractivity contribution in [3.05, 3.63) is 57.3 Å². The molecule has 1 heterocycles. The number of benzene rings is 1. The van der Waals surface area contributed by atoms with Gasteiger partial charge in [0.2, 0.25) is 0 Å². The molecule has 1 aromatic heterocycles. The van der Waals surface area contributed by atoms with Crippen LogP contribution in [0.2, 0.25) is 0 Å². The van der Waals surface area contributed by atoms with Crippen LogP contribution in [0.3, 0.4) is 0 Å². The van der Waals surface area contributed by atoms with Gasteiger partial charge in [0.05, 0.1) is 4.83 Å². The van der Waals surface area contributed by atoms with Crippen molar-refractivity contribution >= 4 is 27.3 Å². The maximum absolute atomic E-state index is 13.1. The Morgan fingerprint density at radius 3 is 2.50 bits per heavy atom. The lowest BCUT2D eigenvalue weighted by Gasteiger charge is -2.10. The van der Waals surface area contributed by atoms with Gasteiger partial charge in [-0.05, 0) is 46.5 Å². The largest absolute Gasteiger partial charge is 0.204 e. The summed E-state index contributed by atoms with van der Waals surface area (Å²) in [5.74, 6) is -1.62. The van der Waals surface area contributed by atoms with Crippen molar-refractivity contribution in [2.24, 2.45) is 0 Å². The van der Waals surface area contributed by atoms with Crippen LogP contribution in [0.15, 0.2) is 29.0 Å². The highest BCUT2D eigenvalue weighted by Crippen LogP contribution is 2.34. The van der Waals surface area contributed by atoms with E-state index in [1.165, 1.54) is 6.07 Å². The van der Waals surface area contributed by atoms with Gasteiger partial charge in [0.1, 0.15) is 0 Å². The molecule has 2 aromatic rings. The van der Waals surface area contributed by atoms with Gasteiger partial charge in [0, 0.05) is 0 Å².